The topological polar surface area (TPSA) is 43.8 Å². The minimum absolute atomic E-state index is 0.0524. The molecule has 1 N–H and O–H groups in total. The highest BCUT2D eigenvalue weighted by molar-refractivity contribution is 5.94. The van der Waals surface area contributed by atoms with Crippen molar-refractivity contribution in [3.05, 3.63) is 65.2 Å². The van der Waals surface area contributed by atoms with Gasteiger partial charge in [-0.25, -0.2) is 0 Å². The van der Waals surface area contributed by atoms with Crippen molar-refractivity contribution >= 4 is 5.91 Å². The summed E-state index contributed by atoms with van der Waals surface area (Å²) in [6.45, 7) is 1.41. The SMILES string of the molecule is O=C(c1ccccc1)N1C[C@H]2CC34CCC1C2C31CCN(CCC(F)(F)F)C4Cc2ccc(O)cc21. The van der Waals surface area contributed by atoms with Gasteiger partial charge in [0.15, 0.2) is 0 Å². The lowest BCUT2D eigenvalue weighted by Crippen LogP contribution is -2.69. The molecule has 2 aromatic rings. The largest absolute Gasteiger partial charge is 0.508 e. The van der Waals surface area contributed by atoms with Crippen LogP contribution in [0.5, 0.6) is 5.75 Å². The second kappa shape index (κ2) is 7.50. The van der Waals surface area contributed by atoms with E-state index in [2.05, 4.69) is 9.80 Å². The third-order valence-corrected chi connectivity index (χ3v) is 10.5. The van der Waals surface area contributed by atoms with Gasteiger partial charge in [-0.15, -0.1) is 0 Å². The molecule has 0 radical (unpaired) electrons. The van der Waals surface area contributed by atoms with E-state index in [0.717, 1.165) is 38.6 Å². The molecule has 2 aromatic carbocycles. The molecule has 5 unspecified atom stereocenters. The molecule has 7 heteroatoms. The Kier molecular flexibility index (Phi) is 4.72. The van der Waals surface area contributed by atoms with E-state index >= 15 is 0 Å². The number of hydrogen-bond acceptors (Lipinski definition) is 3. The molecule has 190 valence electrons. The molecule has 2 saturated carbocycles. The number of phenolic OH excluding ortho intramolecular Hbond substituents is 1. The van der Waals surface area contributed by atoms with Gasteiger partial charge >= 0.3 is 6.18 Å². The first kappa shape index (κ1) is 22.6. The van der Waals surface area contributed by atoms with Crippen LogP contribution in [-0.2, 0) is 11.8 Å². The Morgan fingerprint density at radius 3 is 2.69 bits per heavy atom. The van der Waals surface area contributed by atoms with Gasteiger partial charge in [0.05, 0.1) is 6.42 Å². The highest BCUT2D eigenvalue weighted by Crippen LogP contribution is 2.75. The first-order valence-electron chi connectivity index (χ1n) is 13.2. The summed E-state index contributed by atoms with van der Waals surface area (Å²) in [6, 6.07) is 15.3. The van der Waals surface area contributed by atoms with Crippen LogP contribution < -0.4 is 0 Å². The number of nitrogens with zero attached hydrogens (tertiary/aromatic N) is 2. The fourth-order valence-corrected chi connectivity index (χ4v) is 9.61. The third kappa shape index (κ3) is 2.89. The molecule has 2 saturated heterocycles. The number of likely N-dealkylation sites (tertiary alicyclic amines) is 2. The van der Waals surface area contributed by atoms with Crippen molar-refractivity contribution in [2.75, 3.05) is 19.6 Å². The molecule has 0 aromatic heterocycles. The number of halogens is 3. The third-order valence-electron chi connectivity index (χ3n) is 10.5. The van der Waals surface area contributed by atoms with Gasteiger partial charge in [-0.3, -0.25) is 9.69 Å². The summed E-state index contributed by atoms with van der Waals surface area (Å²) in [5.41, 5.74) is 2.80. The lowest BCUT2D eigenvalue weighted by Gasteiger charge is -2.66. The number of aromatic hydroxyl groups is 1. The first-order chi connectivity index (χ1) is 17.2. The Hall–Kier alpha value is -2.54. The van der Waals surface area contributed by atoms with Gasteiger partial charge in [-0.05, 0) is 91.3 Å². The summed E-state index contributed by atoms with van der Waals surface area (Å²) in [6.07, 6.45) is -0.620. The van der Waals surface area contributed by atoms with E-state index in [-0.39, 0.29) is 47.0 Å². The van der Waals surface area contributed by atoms with Crippen molar-refractivity contribution in [1.82, 2.24) is 9.80 Å². The van der Waals surface area contributed by atoms with Crippen molar-refractivity contribution < 1.29 is 23.1 Å². The van der Waals surface area contributed by atoms with Crippen LogP contribution in [0.4, 0.5) is 13.2 Å². The molecule has 5 aliphatic rings. The Labute approximate surface area is 209 Å². The van der Waals surface area contributed by atoms with E-state index in [9.17, 15) is 23.1 Å². The highest BCUT2D eigenvalue weighted by atomic mass is 19.4. The molecule has 3 aliphatic carbocycles. The molecule has 4 fully saturated rings. The average Bonchev–Trinajstić information content (AvgIpc) is 3.30. The second-order valence-electron chi connectivity index (χ2n) is 11.8. The smallest absolute Gasteiger partial charge is 0.390 e. The minimum Gasteiger partial charge on any atom is -0.508 e. The van der Waals surface area contributed by atoms with Gasteiger partial charge in [-0.1, -0.05) is 24.3 Å². The van der Waals surface area contributed by atoms with Crippen LogP contribution in [0.15, 0.2) is 48.5 Å². The van der Waals surface area contributed by atoms with E-state index in [4.69, 9.17) is 0 Å². The zero-order valence-electron chi connectivity index (χ0n) is 20.2. The monoisotopic (exact) mass is 496 g/mol. The molecule has 4 bridgehead atoms. The van der Waals surface area contributed by atoms with Gasteiger partial charge in [0, 0.05) is 36.2 Å². The number of benzene rings is 2. The second-order valence-corrected chi connectivity index (χ2v) is 11.8. The summed E-state index contributed by atoms with van der Waals surface area (Å²) < 4.78 is 39.7. The van der Waals surface area contributed by atoms with E-state index in [1.54, 1.807) is 6.07 Å². The quantitative estimate of drug-likeness (QED) is 0.639. The van der Waals surface area contributed by atoms with Crippen LogP contribution in [0.25, 0.3) is 0 Å². The Balaban J connectivity index is 1.31. The number of hydrogen-bond donors (Lipinski definition) is 1. The predicted molar refractivity (Wildman–Crippen MR) is 129 cm³/mol. The van der Waals surface area contributed by atoms with Crippen LogP contribution in [0.2, 0.25) is 0 Å². The van der Waals surface area contributed by atoms with E-state index < -0.39 is 12.6 Å². The Bertz CT molecular complexity index is 1220. The molecule has 1 amide bonds. The summed E-state index contributed by atoms with van der Waals surface area (Å²) in [7, 11) is 0. The lowest BCUT2D eigenvalue weighted by atomic mass is 9.43. The molecule has 7 rings (SSSR count). The molecular formula is C29H31F3N2O2. The fraction of sp³-hybridized carbons (Fsp3) is 0.552. The zero-order valence-corrected chi connectivity index (χ0v) is 20.2. The Morgan fingerprint density at radius 1 is 1.11 bits per heavy atom. The van der Waals surface area contributed by atoms with Crippen LogP contribution >= 0.6 is 0 Å². The van der Waals surface area contributed by atoms with Crippen LogP contribution in [0.1, 0.15) is 53.6 Å². The maximum Gasteiger partial charge on any atom is 0.390 e. The number of rotatable bonds is 3. The summed E-state index contributed by atoms with van der Waals surface area (Å²) in [5, 5.41) is 10.5. The van der Waals surface area contributed by atoms with Crippen LogP contribution in [0, 0.1) is 17.3 Å². The maximum atomic E-state index is 13.6. The van der Waals surface area contributed by atoms with Gasteiger partial charge in [0.2, 0.25) is 0 Å². The van der Waals surface area contributed by atoms with Crippen molar-refractivity contribution in [3.8, 4) is 5.75 Å². The lowest BCUT2D eigenvalue weighted by molar-refractivity contribution is -0.151. The Morgan fingerprint density at radius 2 is 1.92 bits per heavy atom. The van der Waals surface area contributed by atoms with Crippen molar-refractivity contribution in [3.63, 3.8) is 0 Å². The number of carbonyl (C=O) groups is 1. The number of phenols is 1. The van der Waals surface area contributed by atoms with Crippen molar-refractivity contribution in [2.45, 2.75) is 62.2 Å². The minimum atomic E-state index is -4.16. The van der Waals surface area contributed by atoms with E-state index in [0.29, 0.717) is 18.0 Å². The van der Waals surface area contributed by atoms with E-state index in [1.807, 2.05) is 42.5 Å². The molecule has 6 atom stereocenters. The standard InChI is InChI=1S/C29H31F3N2O2/c30-29(31,32)11-13-33-12-10-28-22-15-21(35)7-6-19(22)14-24(33)27(28)9-8-23-25(28)20(16-27)17-34(23)26(36)18-4-2-1-3-5-18/h1-7,15,20,23-25,35H,8-14,16-17H2/t20-,23?,24?,25?,27?,28?/m1/s1. The molecule has 2 aliphatic heterocycles. The summed E-state index contributed by atoms with van der Waals surface area (Å²) in [5.74, 6) is 0.964. The van der Waals surface area contributed by atoms with Gasteiger partial charge in [-0.2, -0.15) is 13.2 Å². The molecular weight excluding hydrogens is 465 g/mol. The van der Waals surface area contributed by atoms with E-state index in [1.165, 1.54) is 11.1 Å². The average molecular weight is 497 g/mol. The number of alkyl halides is 3. The molecule has 4 nitrogen and oxygen atoms in total. The normalized spacial score (nSPS) is 36.5. The number of carbonyl (C=O) groups excluding carboxylic acids is 1. The fourth-order valence-electron chi connectivity index (χ4n) is 9.61. The number of piperidine rings is 1. The van der Waals surface area contributed by atoms with Crippen molar-refractivity contribution in [2.24, 2.45) is 17.3 Å². The van der Waals surface area contributed by atoms with Crippen LogP contribution in [0.3, 0.4) is 0 Å². The molecule has 2 heterocycles. The predicted octanol–water partition coefficient (Wildman–Crippen LogP) is 5.15. The summed E-state index contributed by atoms with van der Waals surface area (Å²) >= 11 is 0. The van der Waals surface area contributed by atoms with Crippen molar-refractivity contribution in [1.29, 1.82) is 0 Å². The molecule has 0 spiro atoms. The number of fused-ring (bicyclic) bond motifs is 1. The first-order valence-corrected chi connectivity index (χ1v) is 13.2. The highest BCUT2D eigenvalue weighted by Gasteiger charge is 2.76. The summed E-state index contributed by atoms with van der Waals surface area (Å²) in [4.78, 5) is 17.8. The molecule has 36 heavy (non-hydrogen) atoms. The number of amides is 1. The van der Waals surface area contributed by atoms with Gasteiger partial charge in [0.1, 0.15) is 5.75 Å². The maximum absolute atomic E-state index is 13.6. The van der Waals surface area contributed by atoms with Crippen LogP contribution in [-0.4, -0.2) is 58.7 Å². The van der Waals surface area contributed by atoms with Gasteiger partial charge < -0.3 is 10.0 Å². The van der Waals surface area contributed by atoms with Gasteiger partial charge in [0.25, 0.3) is 5.91 Å². The zero-order chi connectivity index (χ0) is 24.9.